The number of halogens is 1. The van der Waals surface area contributed by atoms with Crippen LogP contribution in [0.2, 0.25) is 5.15 Å². The summed E-state index contributed by atoms with van der Waals surface area (Å²) in [4.78, 5) is 18.3. The number of benzene rings is 1. The van der Waals surface area contributed by atoms with Crippen LogP contribution in [0, 0.1) is 0 Å². The van der Waals surface area contributed by atoms with Crippen molar-refractivity contribution < 1.29 is 9.69 Å². The van der Waals surface area contributed by atoms with Gasteiger partial charge in [-0.1, -0.05) is 41.9 Å². The van der Waals surface area contributed by atoms with Crippen LogP contribution >= 0.6 is 11.6 Å². The number of carbonyl (C=O) groups excluding carboxylic acids is 1. The zero-order chi connectivity index (χ0) is 19.3. The van der Waals surface area contributed by atoms with E-state index >= 15 is 0 Å². The second-order valence-corrected chi connectivity index (χ2v) is 7.53. The van der Waals surface area contributed by atoms with Crippen molar-refractivity contribution in [3.8, 4) is 0 Å². The van der Waals surface area contributed by atoms with E-state index in [1.165, 1.54) is 43.1 Å². The topological polar surface area (TPSA) is 50.8 Å². The summed E-state index contributed by atoms with van der Waals surface area (Å²) in [5.74, 6) is -0.148. The molecule has 1 aliphatic heterocycles. The molecule has 3 aromatic rings. The first-order valence-electron chi connectivity index (χ1n) is 9.69. The Balaban J connectivity index is 1.41. The molecule has 1 fully saturated rings. The monoisotopic (exact) mass is 395 g/mol. The maximum absolute atomic E-state index is 12.3. The van der Waals surface area contributed by atoms with E-state index in [1.54, 1.807) is 11.0 Å². The van der Waals surface area contributed by atoms with Crippen LogP contribution in [0.4, 0.5) is 0 Å². The Morgan fingerprint density at radius 1 is 1.14 bits per heavy atom. The Labute approximate surface area is 169 Å². The van der Waals surface area contributed by atoms with Gasteiger partial charge in [-0.05, 0) is 23.8 Å². The zero-order valence-corrected chi connectivity index (χ0v) is 16.5. The molecule has 3 heterocycles. The van der Waals surface area contributed by atoms with Gasteiger partial charge < -0.3 is 10.2 Å². The lowest BCUT2D eigenvalue weighted by molar-refractivity contribution is -0.901. The molecule has 0 spiro atoms. The summed E-state index contributed by atoms with van der Waals surface area (Å²) in [7, 11) is 0. The van der Waals surface area contributed by atoms with E-state index in [9.17, 15) is 4.79 Å². The molecule has 1 aromatic carbocycles. The number of hydrogen-bond acceptors (Lipinski definition) is 2. The van der Waals surface area contributed by atoms with Crippen molar-refractivity contribution in [2.75, 3.05) is 13.1 Å². The van der Waals surface area contributed by atoms with Gasteiger partial charge in [-0.15, -0.1) is 0 Å². The summed E-state index contributed by atoms with van der Waals surface area (Å²) in [6.07, 6.45) is 7.72. The fourth-order valence-corrected chi connectivity index (χ4v) is 4.00. The zero-order valence-electron chi connectivity index (χ0n) is 15.7. The predicted molar refractivity (Wildman–Crippen MR) is 111 cm³/mol. The van der Waals surface area contributed by atoms with Gasteiger partial charge in [0.15, 0.2) is 5.15 Å². The first-order chi connectivity index (χ1) is 13.7. The molecule has 2 N–H and O–H groups in total. The molecule has 144 valence electrons. The quantitative estimate of drug-likeness (QED) is 0.630. The number of hydrogen-bond donors (Lipinski definition) is 2. The lowest BCUT2D eigenvalue weighted by Gasteiger charge is -2.15. The molecule has 0 bridgehead atoms. The Kier molecular flexibility index (Phi) is 5.74. The van der Waals surface area contributed by atoms with Crippen LogP contribution in [0.25, 0.3) is 11.7 Å². The minimum absolute atomic E-state index is 0.148. The summed E-state index contributed by atoms with van der Waals surface area (Å²) in [6, 6.07) is 14.0. The van der Waals surface area contributed by atoms with E-state index in [-0.39, 0.29) is 5.91 Å². The summed E-state index contributed by atoms with van der Waals surface area (Å²) in [6.45, 7) is 4.03. The summed E-state index contributed by atoms with van der Waals surface area (Å²) < 4.78 is 1.86. The second-order valence-electron chi connectivity index (χ2n) is 7.17. The largest absolute Gasteiger partial charge is 0.348 e. The molecule has 0 atom stereocenters. The summed E-state index contributed by atoms with van der Waals surface area (Å²) >= 11 is 6.21. The molecule has 2 aromatic heterocycles. The standard InChI is InChI=1S/C22H23ClN4O/c23-22-19(27-14-4-3-9-20(27)25-22)10-11-21(28)24-15-17-7-1-2-8-18(17)16-26-12-5-6-13-26/h1-4,7-11,14H,5-6,12-13,15-16H2,(H,24,28)/p+1/b11-10+. The molecule has 0 aliphatic carbocycles. The number of nitrogens with zero attached hydrogens (tertiary/aromatic N) is 2. The Morgan fingerprint density at radius 3 is 2.71 bits per heavy atom. The van der Waals surface area contributed by atoms with Crippen LogP contribution in [0.15, 0.2) is 54.7 Å². The highest BCUT2D eigenvalue weighted by molar-refractivity contribution is 6.31. The van der Waals surface area contributed by atoms with Crippen molar-refractivity contribution >= 4 is 29.2 Å². The van der Waals surface area contributed by atoms with Crippen LogP contribution in [0.3, 0.4) is 0 Å². The van der Waals surface area contributed by atoms with E-state index in [4.69, 9.17) is 11.6 Å². The third-order valence-electron chi connectivity index (χ3n) is 5.24. The molecule has 0 saturated carbocycles. The Morgan fingerprint density at radius 2 is 1.89 bits per heavy atom. The number of quaternary nitrogens is 1. The number of rotatable bonds is 6. The minimum atomic E-state index is -0.148. The first kappa shape index (κ1) is 18.7. The van der Waals surface area contributed by atoms with Crippen molar-refractivity contribution in [3.63, 3.8) is 0 Å². The van der Waals surface area contributed by atoms with Crippen LogP contribution in [-0.2, 0) is 17.9 Å². The van der Waals surface area contributed by atoms with Gasteiger partial charge >= 0.3 is 0 Å². The lowest BCUT2D eigenvalue weighted by atomic mass is 10.1. The molecule has 1 aliphatic rings. The van der Waals surface area contributed by atoms with E-state index in [0.717, 1.165) is 12.2 Å². The summed E-state index contributed by atoms with van der Waals surface area (Å²) in [5, 5.41) is 3.37. The number of amides is 1. The number of pyridine rings is 1. The molecular weight excluding hydrogens is 372 g/mol. The van der Waals surface area contributed by atoms with Gasteiger partial charge in [-0.3, -0.25) is 9.20 Å². The SMILES string of the molecule is O=C(/C=C/c1c(Cl)nc2ccccn12)NCc1ccccc1C[NH+]1CCCC1. The van der Waals surface area contributed by atoms with Crippen molar-refractivity contribution in [3.05, 3.63) is 76.7 Å². The highest BCUT2D eigenvalue weighted by atomic mass is 35.5. The van der Waals surface area contributed by atoms with Crippen LogP contribution in [0.5, 0.6) is 0 Å². The second kappa shape index (κ2) is 8.59. The van der Waals surface area contributed by atoms with E-state index < -0.39 is 0 Å². The van der Waals surface area contributed by atoms with Gasteiger partial charge in [0, 0.05) is 37.2 Å². The van der Waals surface area contributed by atoms with E-state index in [1.807, 2.05) is 34.9 Å². The average molecular weight is 396 g/mol. The van der Waals surface area contributed by atoms with Crippen molar-refractivity contribution in [1.82, 2.24) is 14.7 Å². The van der Waals surface area contributed by atoms with Crippen LogP contribution in [0.1, 0.15) is 29.7 Å². The van der Waals surface area contributed by atoms with Gasteiger partial charge in [-0.2, -0.15) is 0 Å². The highest BCUT2D eigenvalue weighted by Crippen LogP contribution is 2.18. The molecule has 1 amide bonds. The van der Waals surface area contributed by atoms with E-state index in [0.29, 0.717) is 17.4 Å². The van der Waals surface area contributed by atoms with Crippen molar-refractivity contribution in [2.24, 2.45) is 0 Å². The fourth-order valence-electron chi connectivity index (χ4n) is 3.75. The maximum atomic E-state index is 12.3. The molecule has 6 heteroatoms. The molecule has 28 heavy (non-hydrogen) atoms. The predicted octanol–water partition coefficient (Wildman–Crippen LogP) is 2.50. The first-order valence-corrected chi connectivity index (χ1v) is 10.1. The van der Waals surface area contributed by atoms with Crippen molar-refractivity contribution in [2.45, 2.75) is 25.9 Å². The van der Waals surface area contributed by atoms with Crippen LogP contribution < -0.4 is 10.2 Å². The smallest absolute Gasteiger partial charge is 0.244 e. The molecular formula is C22H24ClN4O+. The Hall–Kier alpha value is -2.63. The van der Waals surface area contributed by atoms with Gasteiger partial charge in [0.25, 0.3) is 0 Å². The van der Waals surface area contributed by atoms with Gasteiger partial charge in [0.2, 0.25) is 5.91 Å². The normalized spacial score (nSPS) is 14.9. The molecule has 5 nitrogen and oxygen atoms in total. The minimum Gasteiger partial charge on any atom is -0.348 e. The average Bonchev–Trinajstić information content (AvgIpc) is 3.32. The van der Waals surface area contributed by atoms with Gasteiger partial charge in [0.05, 0.1) is 18.8 Å². The molecule has 4 rings (SSSR count). The summed E-state index contributed by atoms with van der Waals surface area (Å²) in [5.41, 5.74) is 3.95. The van der Waals surface area contributed by atoms with Gasteiger partial charge in [0.1, 0.15) is 12.2 Å². The van der Waals surface area contributed by atoms with Gasteiger partial charge in [-0.25, -0.2) is 4.98 Å². The Bertz CT molecular complexity index is 1000. The molecule has 1 saturated heterocycles. The maximum Gasteiger partial charge on any atom is 0.244 e. The number of aromatic nitrogens is 2. The number of imidazole rings is 1. The third kappa shape index (κ3) is 4.26. The number of carbonyl (C=O) groups is 1. The fraction of sp³-hybridized carbons (Fsp3) is 0.273. The molecule has 0 unspecified atom stereocenters. The third-order valence-corrected chi connectivity index (χ3v) is 5.52. The number of fused-ring (bicyclic) bond motifs is 1. The van der Waals surface area contributed by atoms with Crippen molar-refractivity contribution in [1.29, 1.82) is 0 Å². The molecule has 0 radical (unpaired) electrons. The number of nitrogens with one attached hydrogen (secondary N) is 2. The number of likely N-dealkylation sites (tertiary alicyclic amines) is 1. The lowest BCUT2D eigenvalue weighted by Crippen LogP contribution is -3.08. The highest BCUT2D eigenvalue weighted by Gasteiger charge is 2.17. The van der Waals surface area contributed by atoms with Crippen LogP contribution in [-0.4, -0.2) is 28.4 Å². The van der Waals surface area contributed by atoms with E-state index in [2.05, 4.69) is 28.5 Å².